The number of hydrogen-bond acceptors (Lipinski definition) is 11. The van der Waals surface area contributed by atoms with E-state index in [0.717, 1.165) is 18.4 Å². The Morgan fingerprint density at radius 2 is 1.82 bits per heavy atom. The number of nitrogens with one attached hydrogen (secondary N) is 3. The number of benzene rings is 1. The normalized spacial score (nSPS) is 28.3. The lowest BCUT2D eigenvalue weighted by Gasteiger charge is -2.30. The van der Waals surface area contributed by atoms with Gasteiger partial charge >= 0.3 is 6.09 Å². The van der Waals surface area contributed by atoms with E-state index in [1.807, 2.05) is 44.2 Å². The first kappa shape index (κ1) is 40.3. The lowest BCUT2D eigenvalue weighted by atomic mass is 9.88. The average Bonchev–Trinajstić information content (AvgIpc) is 4.10. The molecule has 2 aliphatic carbocycles. The minimum absolute atomic E-state index is 0.0230. The predicted octanol–water partition coefficient (Wildman–Crippen LogP) is 4.53. The quantitative estimate of drug-likeness (QED) is 0.360. The van der Waals surface area contributed by atoms with Gasteiger partial charge in [0.2, 0.25) is 27.7 Å². The molecule has 5 bridgehead atoms. The van der Waals surface area contributed by atoms with E-state index in [2.05, 4.69) is 20.3 Å². The van der Waals surface area contributed by atoms with Crippen LogP contribution in [0.1, 0.15) is 90.0 Å². The number of aromatic nitrogens is 1. The first-order valence-electron chi connectivity index (χ1n) is 19.9. The first-order valence-corrected chi connectivity index (χ1v) is 21.4. The Kier molecular flexibility index (Phi) is 11.5. The molecule has 57 heavy (non-hydrogen) atoms. The van der Waals surface area contributed by atoms with Gasteiger partial charge in [-0.3, -0.25) is 19.1 Å². The number of allylic oxidation sites excluding steroid dienone is 2. The van der Waals surface area contributed by atoms with Crippen LogP contribution in [-0.2, 0) is 29.1 Å². The fraction of sp³-hybridized carbons (Fsp3) is 0.585. The maximum atomic E-state index is 14.7. The van der Waals surface area contributed by atoms with Gasteiger partial charge in [-0.05, 0) is 62.8 Å². The zero-order valence-electron chi connectivity index (χ0n) is 33.0. The van der Waals surface area contributed by atoms with Crippen LogP contribution in [0.25, 0.3) is 17.0 Å². The number of pyridine rings is 1. The van der Waals surface area contributed by atoms with E-state index < -0.39 is 68.7 Å². The van der Waals surface area contributed by atoms with Gasteiger partial charge in [0, 0.05) is 35.4 Å². The number of ether oxygens (including phenoxy) is 4. The van der Waals surface area contributed by atoms with Crippen LogP contribution in [0.2, 0.25) is 0 Å². The minimum atomic E-state index is -3.90. The Morgan fingerprint density at radius 3 is 2.58 bits per heavy atom. The molecular formula is C41H53N5O10S. The van der Waals surface area contributed by atoms with E-state index >= 15 is 0 Å². The molecule has 3 fully saturated rings. The molecule has 7 rings (SSSR count). The van der Waals surface area contributed by atoms with E-state index in [4.69, 9.17) is 18.9 Å². The summed E-state index contributed by atoms with van der Waals surface area (Å²) < 4.78 is 51.6. The molecule has 0 unspecified atom stereocenters. The molecule has 4 amide bonds. The van der Waals surface area contributed by atoms with E-state index in [0.29, 0.717) is 67.3 Å². The van der Waals surface area contributed by atoms with Crippen molar-refractivity contribution in [2.24, 2.45) is 11.3 Å². The maximum Gasteiger partial charge on any atom is 0.407 e. The third-order valence-corrected chi connectivity index (χ3v) is 13.4. The van der Waals surface area contributed by atoms with Gasteiger partial charge in [-0.25, -0.2) is 18.2 Å². The largest absolute Gasteiger partial charge is 0.496 e. The van der Waals surface area contributed by atoms with Crippen molar-refractivity contribution in [1.29, 1.82) is 0 Å². The summed E-state index contributed by atoms with van der Waals surface area (Å²) in [6.07, 6.45) is 12.1. The monoisotopic (exact) mass is 807 g/mol. The molecule has 308 valence electrons. The lowest BCUT2D eigenvalue weighted by Crippen LogP contribution is -2.58. The number of nitrogens with zero attached hydrogens (tertiary/aromatic N) is 2. The van der Waals surface area contributed by atoms with Gasteiger partial charge in [0.05, 0.1) is 38.1 Å². The second-order valence-electron chi connectivity index (χ2n) is 16.6. The van der Waals surface area contributed by atoms with E-state index in [9.17, 15) is 27.6 Å². The molecule has 4 heterocycles. The molecule has 2 saturated carbocycles. The Bertz CT molecular complexity index is 2080. The zero-order valence-corrected chi connectivity index (χ0v) is 33.8. The number of cyclic esters (lactones) is 1. The van der Waals surface area contributed by atoms with Crippen LogP contribution in [0.3, 0.4) is 0 Å². The van der Waals surface area contributed by atoms with Crippen LogP contribution < -0.4 is 29.6 Å². The van der Waals surface area contributed by atoms with Gasteiger partial charge < -0.3 is 34.5 Å². The van der Waals surface area contributed by atoms with Crippen LogP contribution in [0.5, 0.6) is 17.4 Å². The van der Waals surface area contributed by atoms with Crippen LogP contribution in [0, 0.1) is 11.3 Å². The van der Waals surface area contributed by atoms with Crippen LogP contribution in [0.4, 0.5) is 4.79 Å². The second-order valence-corrected chi connectivity index (χ2v) is 18.6. The summed E-state index contributed by atoms with van der Waals surface area (Å²) >= 11 is 0. The summed E-state index contributed by atoms with van der Waals surface area (Å²) in [7, 11) is -0.826. The van der Waals surface area contributed by atoms with Crippen molar-refractivity contribution < 1.29 is 46.5 Å². The minimum Gasteiger partial charge on any atom is -0.496 e. The van der Waals surface area contributed by atoms with Gasteiger partial charge in [0.15, 0.2) is 0 Å². The summed E-state index contributed by atoms with van der Waals surface area (Å²) in [5, 5.41) is 5.73. The molecule has 5 aliphatic rings. The molecular weight excluding hydrogens is 755 g/mol. The average molecular weight is 808 g/mol. The van der Waals surface area contributed by atoms with Gasteiger partial charge in [0.1, 0.15) is 35.2 Å². The molecule has 3 N–H and O–H groups in total. The van der Waals surface area contributed by atoms with Crippen molar-refractivity contribution in [3.63, 3.8) is 0 Å². The van der Waals surface area contributed by atoms with E-state index in [-0.39, 0.29) is 37.3 Å². The molecule has 0 radical (unpaired) electrons. The third kappa shape index (κ3) is 9.00. The topological polar surface area (TPSA) is 192 Å². The number of carbonyl (C=O) groups is 4. The number of rotatable bonds is 5. The van der Waals surface area contributed by atoms with Crippen molar-refractivity contribution in [3.8, 4) is 17.4 Å². The lowest BCUT2D eigenvalue weighted by molar-refractivity contribution is -0.141. The van der Waals surface area contributed by atoms with Gasteiger partial charge in [-0.1, -0.05) is 51.0 Å². The third-order valence-electron chi connectivity index (χ3n) is 11.6. The molecule has 15 nitrogen and oxygen atoms in total. The number of sulfonamides is 1. The Labute approximate surface area is 333 Å². The zero-order chi connectivity index (χ0) is 40.5. The number of alkyl carbamates (subject to hydrolysis) is 1. The summed E-state index contributed by atoms with van der Waals surface area (Å²) in [6, 6.07) is 3.24. The number of hydrogen-bond donors (Lipinski definition) is 3. The van der Waals surface area contributed by atoms with Crippen LogP contribution in [0.15, 0.2) is 36.4 Å². The number of amides is 4. The summed E-state index contributed by atoms with van der Waals surface area (Å²) in [5.41, 5.74) is -0.565. The molecule has 3 aliphatic heterocycles. The predicted molar refractivity (Wildman–Crippen MR) is 211 cm³/mol. The Balaban J connectivity index is 1.27. The Hall–Kier alpha value is -4.86. The van der Waals surface area contributed by atoms with Gasteiger partial charge in [-0.15, -0.1) is 0 Å². The standard InChI is InChI=1S/C41H53N5O10S/c1-40(2)17-11-10-12-25-18-29-31(20-33(25)53-3)42-35(54-4)21-34(29)56-27-19-32-36(47)44-41(38(49)45-57(51,52)28-15-16-28)22-26(41)13-8-6-5-7-9-14-30(37(48)46(32)23-27)43-39(50)55-24-40/h8,10,12-13,18,20-21,26-28,30,32H,5-7,9,11,14-17,19,22-24H2,1-4H3,(H,43,50)(H,44,47)(H,45,49)/t26-,27-,30+,32+,41-/m1/s1. The molecule has 16 heteroatoms. The van der Waals surface area contributed by atoms with E-state index in [1.165, 1.54) is 12.0 Å². The highest BCUT2D eigenvalue weighted by Crippen LogP contribution is 2.46. The van der Waals surface area contributed by atoms with Crippen molar-refractivity contribution >= 4 is 50.8 Å². The van der Waals surface area contributed by atoms with Gasteiger partial charge in [-0.2, -0.15) is 0 Å². The number of carbonyl (C=O) groups excluding carboxylic acids is 4. The van der Waals surface area contributed by atoms with E-state index in [1.54, 1.807) is 19.2 Å². The smallest absolute Gasteiger partial charge is 0.407 e. The molecule has 1 aromatic heterocycles. The maximum absolute atomic E-state index is 14.7. The Morgan fingerprint density at radius 1 is 1.02 bits per heavy atom. The van der Waals surface area contributed by atoms with Crippen LogP contribution in [-0.4, -0.2) is 98.5 Å². The highest BCUT2D eigenvalue weighted by atomic mass is 32.2. The summed E-state index contributed by atoms with van der Waals surface area (Å²) in [6.45, 7) is 4.10. The molecule has 1 aromatic carbocycles. The fourth-order valence-electron chi connectivity index (χ4n) is 7.95. The fourth-order valence-corrected chi connectivity index (χ4v) is 9.32. The number of methoxy groups -OCH3 is 2. The number of fused-ring (bicyclic) bond motifs is 4. The van der Waals surface area contributed by atoms with Crippen molar-refractivity contribution in [1.82, 2.24) is 25.2 Å². The van der Waals surface area contributed by atoms with Gasteiger partial charge in [0.25, 0.3) is 5.91 Å². The van der Waals surface area contributed by atoms with Crippen LogP contribution >= 0.6 is 0 Å². The van der Waals surface area contributed by atoms with Crippen molar-refractivity contribution in [3.05, 3.63) is 42.0 Å². The summed E-state index contributed by atoms with van der Waals surface area (Å²) in [4.78, 5) is 62.3. The molecule has 2 aromatic rings. The highest BCUT2D eigenvalue weighted by molar-refractivity contribution is 7.91. The molecule has 5 atom stereocenters. The first-order chi connectivity index (χ1) is 27.2. The SMILES string of the molecule is COc1cc2c3cc(c(OC)cc3n1)C=CCCC(C)(C)COC(=O)N[C@H]1CCCCCC=C[C@@H]3C[C@@]3(C(=O)NS(=O)(=O)C3CC3)NC(=O)[C@@H]3C[C@H](CN3C1=O)O2. The van der Waals surface area contributed by atoms with Crippen molar-refractivity contribution in [2.45, 2.75) is 113 Å². The highest BCUT2D eigenvalue weighted by Gasteiger charge is 2.62. The molecule has 1 saturated heterocycles. The summed E-state index contributed by atoms with van der Waals surface area (Å²) in [5.74, 6) is -1.05. The second kappa shape index (κ2) is 16.2. The van der Waals surface area contributed by atoms with Crippen molar-refractivity contribution in [2.75, 3.05) is 27.4 Å². The molecule has 0 spiro atoms.